The zero-order valence-corrected chi connectivity index (χ0v) is 16.3. The van der Waals surface area contributed by atoms with Crippen molar-refractivity contribution in [3.8, 4) is 5.88 Å². The first-order valence-corrected chi connectivity index (χ1v) is 8.85. The molecule has 0 aliphatic heterocycles. The molecule has 4 nitrogen and oxygen atoms in total. The number of carbonyl (C=O) groups excluding carboxylic acids is 1. The lowest BCUT2D eigenvalue weighted by atomic mass is 10.0. The molecule has 2 aromatic carbocycles. The molecule has 132 valence electrons. The fourth-order valence-corrected chi connectivity index (χ4v) is 3.25. The highest BCUT2D eigenvalue weighted by atomic mass is 35.5. The fourth-order valence-electron chi connectivity index (χ4n) is 2.54. The zero-order chi connectivity index (χ0) is 18.8. The predicted octanol–water partition coefficient (Wildman–Crippen LogP) is 5.02. The maximum absolute atomic E-state index is 13.0. The van der Waals surface area contributed by atoms with Crippen LogP contribution < -0.4 is 4.74 Å². The zero-order valence-electron chi connectivity index (χ0n) is 14.0. The Kier molecular flexibility index (Phi) is 5.41. The normalized spacial score (nSPS) is 10.6. The van der Waals surface area contributed by atoms with Crippen molar-refractivity contribution >= 4 is 46.3 Å². The molecule has 1 heterocycles. The number of aryl methyl sites for hydroxylation is 2. The monoisotopic (exact) mass is 404 g/mol. The van der Waals surface area contributed by atoms with Crippen LogP contribution in [0.25, 0.3) is 0 Å². The van der Waals surface area contributed by atoms with Crippen LogP contribution in [0.3, 0.4) is 0 Å². The minimum Gasteiger partial charge on any atom is -0.426 e. The third-order valence-corrected chi connectivity index (χ3v) is 4.64. The van der Waals surface area contributed by atoms with Crippen molar-refractivity contribution in [3.63, 3.8) is 0 Å². The number of ketones is 1. The molecule has 0 bridgehead atoms. The molecule has 0 saturated heterocycles. The van der Waals surface area contributed by atoms with Gasteiger partial charge in [0.05, 0.1) is 10.7 Å². The van der Waals surface area contributed by atoms with E-state index in [9.17, 15) is 4.79 Å². The Labute approximate surface area is 166 Å². The second kappa shape index (κ2) is 7.58. The van der Waals surface area contributed by atoms with Gasteiger partial charge in [0.25, 0.3) is 0 Å². The van der Waals surface area contributed by atoms with Crippen molar-refractivity contribution in [3.05, 3.63) is 81.0 Å². The summed E-state index contributed by atoms with van der Waals surface area (Å²) in [5.41, 5.74) is 1.90. The number of hydrogen-bond donors (Lipinski definition) is 0. The van der Waals surface area contributed by atoms with Crippen LogP contribution in [0.5, 0.6) is 5.88 Å². The summed E-state index contributed by atoms with van der Waals surface area (Å²) in [6.07, 6.45) is 0. The number of aromatic nitrogens is 2. The molecule has 0 saturated carbocycles. The van der Waals surface area contributed by atoms with Crippen LogP contribution in [0, 0.1) is 6.92 Å². The van der Waals surface area contributed by atoms with Crippen molar-refractivity contribution in [2.24, 2.45) is 7.05 Å². The summed E-state index contributed by atoms with van der Waals surface area (Å²) in [5, 5.41) is 5.27. The minimum absolute atomic E-state index is 0.254. The Balaban J connectivity index is 2.01. The summed E-state index contributed by atoms with van der Waals surface area (Å²) in [6.45, 7) is 1.73. The van der Waals surface area contributed by atoms with Crippen LogP contribution >= 0.6 is 35.4 Å². The van der Waals surface area contributed by atoms with Gasteiger partial charge >= 0.3 is 0 Å². The summed E-state index contributed by atoms with van der Waals surface area (Å²) >= 11 is 17.5. The number of nitrogens with zero attached hydrogens (tertiary/aromatic N) is 2. The van der Waals surface area contributed by atoms with E-state index in [2.05, 4.69) is 5.10 Å². The molecule has 0 amide bonds. The third-order valence-electron chi connectivity index (χ3n) is 3.77. The number of rotatable bonds is 4. The predicted molar refractivity (Wildman–Crippen MR) is 107 cm³/mol. The molecule has 1 aromatic heterocycles. The number of hydrogen-bond acceptors (Lipinski definition) is 4. The molecule has 0 aliphatic rings. The fraction of sp³-hybridized carbons (Fsp3) is 0.105. The van der Waals surface area contributed by atoms with E-state index in [1.165, 1.54) is 10.7 Å². The molecule has 7 heteroatoms. The molecule has 3 aromatic rings. The Bertz CT molecular complexity index is 1000. The average molecular weight is 405 g/mol. The van der Waals surface area contributed by atoms with Crippen LogP contribution in [0.2, 0.25) is 10.0 Å². The van der Waals surface area contributed by atoms with Gasteiger partial charge in [0.1, 0.15) is 5.56 Å². The van der Waals surface area contributed by atoms with E-state index in [1.807, 2.05) is 30.3 Å². The first-order valence-electron chi connectivity index (χ1n) is 7.69. The van der Waals surface area contributed by atoms with Gasteiger partial charge in [-0.25, -0.2) is 4.68 Å². The second-order valence-electron chi connectivity index (χ2n) is 5.60. The smallest absolute Gasteiger partial charge is 0.230 e. The van der Waals surface area contributed by atoms with E-state index in [1.54, 1.807) is 26.1 Å². The summed E-state index contributed by atoms with van der Waals surface area (Å²) in [4.78, 5) is 13.0. The van der Waals surface area contributed by atoms with Gasteiger partial charge in [-0.3, -0.25) is 4.79 Å². The molecule has 0 unspecified atom stereocenters. The molecule has 0 radical (unpaired) electrons. The molecule has 26 heavy (non-hydrogen) atoms. The van der Waals surface area contributed by atoms with Crippen molar-refractivity contribution < 1.29 is 9.53 Å². The van der Waals surface area contributed by atoms with Gasteiger partial charge in [-0.15, -0.1) is 0 Å². The molecule has 0 spiro atoms. The minimum atomic E-state index is -0.303. The second-order valence-corrected chi connectivity index (χ2v) is 6.81. The summed E-state index contributed by atoms with van der Waals surface area (Å²) in [7, 11) is 1.69. The molecule has 0 atom stereocenters. The topological polar surface area (TPSA) is 44.1 Å². The van der Waals surface area contributed by atoms with E-state index >= 15 is 0 Å². The average Bonchev–Trinajstić information content (AvgIpc) is 2.88. The van der Waals surface area contributed by atoms with Gasteiger partial charge in [-0.2, -0.15) is 5.10 Å². The number of carbonyl (C=O) groups is 1. The third kappa shape index (κ3) is 3.65. The van der Waals surface area contributed by atoms with Gasteiger partial charge in [-0.05, 0) is 37.3 Å². The lowest BCUT2D eigenvalue weighted by Gasteiger charge is -2.10. The van der Waals surface area contributed by atoms with Crippen LogP contribution in [-0.2, 0) is 7.05 Å². The molecule has 0 aliphatic carbocycles. The Morgan fingerprint density at radius 2 is 1.85 bits per heavy atom. The standard InChI is InChI=1S/C19H14Cl2N2O2S/c1-11-16(17(24)14-9-8-13(20)10-15(14)21)18(23(2)22-11)25-19(26)12-6-4-3-5-7-12/h3-10H,1-2H3. The van der Waals surface area contributed by atoms with Crippen molar-refractivity contribution in [1.82, 2.24) is 9.78 Å². The Morgan fingerprint density at radius 1 is 1.15 bits per heavy atom. The van der Waals surface area contributed by atoms with Crippen LogP contribution in [0.15, 0.2) is 48.5 Å². The number of ether oxygens (including phenoxy) is 1. The van der Waals surface area contributed by atoms with Gasteiger partial charge in [0, 0.05) is 23.2 Å². The quantitative estimate of drug-likeness (QED) is 0.452. The van der Waals surface area contributed by atoms with E-state index in [-0.39, 0.29) is 21.7 Å². The van der Waals surface area contributed by atoms with Crippen molar-refractivity contribution in [2.75, 3.05) is 0 Å². The van der Waals surface area contributed by atoms with E-state index in [0.717, 1.165) is 5.56 Å². The highest BCUT2D eigenvalue weighted by molar-refractivity contribution is 7.80. The van der Waals surface area contributed by atoms with Crippen molar-refractivity contribution in [2.45, 2.75) is 6.92 Å². The Hall–Kier alpha value is -2.21. The molecular formula is C19H14Cl2N2O2S. The number of halogens is 2. The first-order chi connectivity index (χ1) is 12.4. The van der Waals surface area contributed by atoms with E-state index in [0.29, 0.717) is 21.8 Å². The highest BCUT2D eigenvalue weighted by Gasteiger charge is 2.25. The van der Waals surface area contributed by atoms with Crippen LogP contribution in [0.1, 0.15) is 27.2 Å². The van der Waals surface area contributed by atoms with Crippen LogP contribution in [-0.4, -0.2) is 20.6 Å². The van der Waals surface area contributed by atoms with Gasteiger partial charge in [0.15, 0.2) is 5.05 Å². The maximum Gasteiger partial charge on any atom is 0.230 e. The first kappa shape index (κ1) is 18.6. The molecule has 0 N–H and O–H groups in total. The van der Waals surface area contributed by atoms with Gasteiger partial charge < -0.3 is 4.74 Å². The molecule has 3 rings (SSSR count). The lowest BCUT2D eigenvalue weighted by molar-refractivity contribution is 0.103. The van der Waals surface area contributed by atoms with Crippen LogP contribution in [0.4, 0.5) is 0 Å². The summed E-state index contributed by atoms with van der Waals surface area (Å²) in [5.74, 6) is -0.0319. The summed E-state index contributed by atoms with van der Waals surface area (Å²) < 4.78 is 7.32. The lowest BCUT2D eigenvalue weighted by Crippen LogP contribution is -2.13. The highest BCUT2D eigenvalue weighted by Crippen LogP contribution is 2.29. The molecular weight excluding hydrogens is 391 g/mol. The van der Waals surface area contributed by atoms with Crippen molar-refractivity contribution in [1.29, 1.82) is 0 Å². The van der Waals surface area contributed by atoms with E-state index in [4.69, 9.17) is 40.2 Å². The number of thiocarbonyl (C=S) groups is 1. The Morgan fingerprint density at radius 3 is 2.50 bits per heavy atom. The van der Waals surface area contributed by atoms with E-state index < -0.39 is 0 Å². The largest absolute Gasteiger partial charge is 0.426 e. The molecule has 0 fully saturated rings. The summed E-state index contributed by atoms with van der Waals surface area (Å²) in [6, 6.07) is 14.0. The number of benzene rings is 2. The SMILES string of the molecule is Cc1nn(C)c(OC(=S)c2ccccc2)c1C(=O)c1ccc(Cl)cc1Cl. The maximum atomic E-state index is 13.0. The van der Waals surface area contributed by atoms with Gasteiger partial charge in [0.2, 0.25) is 11.7 Å². The van der Waals surface area contributed by atoms with Gasteiger partial charge in [-0.1, -0.05) is 53.5 Å².